The number of furan rings is 1. The molecule has 2 aromatic heterocycles. The highest BCUT2D eigenvalue weighted by molar-refractivity contribution is 14.0. The minimum absolute atomic E-state index is 0. The molecule has 0 saturated heterocycles. The van der Waals surface area contributed by atoms with Gasteiger partial charge in [0.25, 0.3) is 0 Å². The molecule has 0 spiro atoms. The predicted molar refractivity (Wildman–Crippen MR) is 116 cm³/mol. The maximum atomic E-state index is 5.92. The van der Waals surface area contributed by atoms with Gasteiger partial charge in [-0.05, 0) is 30.2 Å². The van der Waals surface area contributed by atoms with E-state index in [1.54, 1.807) is 18.4 Å². The molecule has 7 heteroatoms. The van der Waals surface area contributed by atoms with Crippen molar-refractivity contribution in [2.45, 2.75) is 20.4 Å². The predicted octanol–water partition coefficient (Wildman–Crippen LogP) is 4.50. The summed E-state index contributed by atoms with van der Waals surface area (Å²) in [6, 6.07) is 12.1. The molecule has 0 atom stereocenters. The lowest BCUT2D eigenvalue weighted by atomic mass is 10.2. The molecule has 0 aliphatic rings. The summed E-state index contributed by atoms with van der Waals surface area (Å²) < 4.78 is 7.09. The van der Waals surface area contributed by atoms with Crippen LogP contribution in [0, 0.1) is 5.92 Å². The average molecular weight is 470 g/mol. The molecule has 1 aromatic carbocycles. The van der Waals surface area contributed by atoms with Crippen molar-refractivity contribution < 1.29 is 4.42 Å². The molecule has 2 N–H and O–H groups in total. The van der Waals surface area contributed by atoms with Gasteiger partial charge in [-0.15, -0.1) is 35.3 Å². The second kappa shape index (κ2) is 9.19. The number of hydrogen-bond acceptors (Lipinski definition) is 4. The summed E-state index contributed by atoms with van der Waals surface area (Å²) in [6.07, 6.45) is 0. The number of thiazole rings is 1. The van der Waals surface area contributed by atoms with Gasteiger partial charge in [0.1, 0.15) is 5.76 Å². The maximum Gasteiger partial charge on any atom is 0.191 e. The Morgan fingerprint density at radius 1 is 1.20 bits per heavy atom. The molecule has 0 saturated carbocycles. The van der Waals surface area contributed by atoms with Crippen LogP contribution in [0.15, 0.2) is 45.8 Å². The topological polar surface area (TPSA) is 62.5 Å². The molecule has 2 heterocycles. The normalized spacial score (nSPS) is 11.6. The van der Waals surface area contributed by atoms with E-state index in [-0.39, 0.29) is 24.0 Å². The number of aromatic nitrogens is 1. The first kappa shape index (κ1) is 19.7. The molecule has 3 rings (SSSR count). The number of benzene rings is 1. The third-order valence-corrected chi connectivity index (χ3v) is 4.55. The van der Waals surface area contributed by atoms with Gasteiger partial charge in [-0.1, -0.05) is 26.0 Å². The summed E-state index contributed by atoms with van der Waals surface area (Å²) in [5.74, 6) is 3.01. The molecule has 0 amide bonds. The second-order valence-corrected chi connectivity index (χ2v) is 6.98. The van der Waals surface area contributed by atoms with Crippen molar-refractivity contribution in [1.29, 1.82) is 0 Å². The van der Waals surface area contributed by atoms with E-state index in [1.165, 1.54) is 4.70 Å². The van der Waals surface area contributed by atoms with Crippen LogP contribution in [0.3, 0.4) is 0 Å². The number of halogens is 1. The molecule has 0 bridgehead atoms. The summed E-state index contributed by atoms with van der Waals surface area (Å²) in [5, 5.41) is 7.45. The zero-order chi connectivity index (χ0) is 16.9. The molecule has 0 aliphatic heterocycles. The van der Waals surface area contributed by atoms with Gasteiger partial charge in [0, 0.05) is 13.6 Å². The fourth-order valence-electron chi connectivity index (χ4n) is 2.26. The van der Waals surface area contributed by atoms with Crippen LogP contribution in [-0.4, -0.2) is 24.5 Å². The van der Waals surface area contributed by atoms with Crippen molar-refractivity contribution in [1.82, 2.24) is 15.6 Å². The molecule has 0 fully saturated rings. The van der Waals surface area contributed by atoms with E-state index >= 15 is 0 Å². The Morgan fingerprint density at radius 2 is 2.00 bits per heavy atom. The number of hydrogen-bond donors (Lipinski definition) is 2. The standard InChI is InChI=1S/C18H22N4OS.HI/c1-12(2)10-20-18(19-3)21-11-13-8-9-15(23-13)17-22-14-6-4-5-7-16(14)24-17;/h4-9,12H,10-11H2,1-3H3,(H2,19,20,21);1H. The van der Waals surface area contributed by atoms with E-state index < -0.39 is 0 Å². The number of fused-ring (bicyclic) bond motifs is 1. The van der Waals surface area contributed by atoms with Crippen LogP contribution >= 0.6 is 35.3 Å². The van der Waals surface area contributed by atoms with Gasteiger partial charge in [0.05, 0.1) is 16.8 Å². The van der Waals surface area contributed by atoms with Gasteiger partial charge in [0.2, 0.25) is 0 Å². The minimum atomic E-state index is 0. The van der Waals surface area contributed by atoms with Gasteiger partial charge >= 0.3 is 0 Å². The van der Waals surface area contributed by atoms with Crippen LogP contribution < -0.4 is 10.6 Å². The van der Waals surface area contributed by atoms with Crippen molar-refractivity contribution in [3.8, 4) is 10.8 Å². The lowest BCUT2D eigenvalue weighted by Gasteiger charge is -2.12. The minimum Gasteiger partial charge on any atom is -0.457 e. The van der Waals surface area contributed by atoms with Crippen LogP contribution in [0.2, 0.25) is 0 Å². The van der Waals surface area contributed by atoms with Crippen molar-refractivity contribution in [2.75, 3.05) is 13.6 Å². The molecular weight excluding hydrogens is 447 g/mol. The van der Waals surface area contributed by atoms with E-state index in [9.17, 15) is 0 Å². The molecule has 0 unspecified atom stereocenters. The highest BCUT2D eigenvalue weighted by atomic mass is 127. The van der Waals surface area contributed by atoms with Crippen molar-refractivity contribution in [2.24, 2.45) is 10.9 Å². The first-order chi connectivity index (χ1) is 11.7. The molecule has 3 aromatic rings. The van der Waals surface area contributed by atoms with Gasteiger partial charge in [0.15, 0.2) is 16.7 Å². The summed E-state index contributed by atoms with van der Waals surface area (Å²) >= 11 is 1.64. The SMILES string of the molecule is CN=C(NCc1ccc(-c2nc3ccccc3s2)o1)NCC(C)C.I. The molecule has 0 aliphatic carbocycles. The first-order valence-corrected chi connectivity index (χ1v) is 8.86. The number of aliphatic imine (C=N–C) groups is 1. The maximum absolute atomic E-state index is 5.92. The quantitative estimate of drug-likeness (QED) is 0.328. The summed E-state index contributed by atoms with van der Waals surface area (Å²) in [6.45, 7) is 5.80. The Labute approximate surface area is 169 Å². The average Bonchev–Trinajstić information content (AvgIpc) is 3.21. The highest BCUT2D eigenvalue weighted by Crippen LogP contribution is 2.30. The third kappa shape index (κ3) is 5.18. The Balaban J connectivity index is 0.00000225. The Hall–Kier alpha value is -1.61. The van der Waals surface area contributed by atoms with Crippen molar-refractivity contribution in [3.05, 3.63) is 42.2 Å². The fourth-order valence-corrected chi connectivity index (χ4v) is 3.19. The fraction of sp³-hybridized carbons (Fsp3) is 0.333. The van der Waals surface area contributed by atoms with Crippen molar-refractivity contribution in [3.63, 3.8) is 0 Å². The van der Waals surface area contributed by atoms with Crippen molar-refractivity contribution >= 4 is 51.5 Å². The van der Waals surface area contributed by atoms with Crippen LogP contribution in [0.1, 0.15) is 19.6 Å². The first-order valence-electron chi connectivity index (χ1n) is 8.05. The molecule has 5 nitrogen and oxygen atoms in total. The number of guanidine groups is 1. The third-order valence-electron chi connectivity index (χ3n) is 3.50. The van der Waals surface area contributed by atoms with E-state index in [0.29, 0.717) is 12.5 Å². The van der Waals surface area contributed by atoms with Gasteiger partial charge in [-0.25, -0.2) is 4.98 Å². The van der Waals surface area contributed by atoms with Crippen LogP contribution in [0.4, 0.5) is 0 Å². The van der Waals surface area contributed by atoms with Crippen LogP contribution in [0.5, 0.6) is 0 Å². The summed E-state index contributed by atoms with van der Waals surface area (Å²) in [5.41, 5.74) is 1.01. The molecule has 134 valence electrons. The van der Waals surface area contributed by atoms with Gasteiger partial charge in [-0.3, -0.25) is 4.99 Å². The number of rotatable bonds is 5. The van der Waals surface area contributed by atoms with E-state index in [4.69, 9.17) is 4.42 Å². The number of nitrogens with one attached hydrogen (secondary N) is 2. The number of para-hydroxylation sites is 1. The zero-order valence-corrected chi connectivity index (χ0v) is 17.7. The summed E-state index contributed by atoms with van der Waals surface area (Å²) in [7, 11) is 1.77. The van der Waals surface area contributed by atoms with Gasteiger partial charge < -0.3 is 15.1 Å². The van der Waals surface area contributed by atoms with E-state index in [2.05, 4.69) is 40.5 Å². The summed E-state index contributed by atoms with van der Waals surface area (Å²) in [4.78, 5) is 8.84. The lowest BCUT2D eigenvalue weighted by Crippen LogP contribution is -2.38. The highest BCUT2D eigenvalue weighted by Gasteiger charge is 2.10. The van der Waals surface area contributed by atoms with Gasteiger partial charge in [-0.2, -0.15) is 0 Å². The zero-order valence-electron chi connectivity index (χ0n) is 14.6. The molecule has 25 heavy (non-hydrogen) atoms. The molecular formula is C18H23IN4OS. The van der Waals surface area contributed by atoms with Crippen LogP contribution in [0.25, 0.3) is 21.0 Å². The Bertz CT molecular complexity index is 807. The second-order valence-electron chi connectivity index (χ2n) is 5.95. The Morgan fingerprint density at radius 3 is 2.72 bits per heavy atom. The molecule has 0 radical (unpaired) electrons. The smallest absolute Gasteiger partial charge is 0.191 e. The van der Waals surface area contributed by atoms with E-state index in [0.717, 1.165) is 34.5 Å². The monoisotopic (exact) mass is 470 g/mol. The van der Waals surface area contributed by atoms with E-state index in [1.807, 2.05) is 30.3 Å². The van der Waals surface area contributed by atoms with Crippen LogP contribution in [-0.2, 0) is 6.54 Å². The lowest BCUT2D eigenvalue weighted by molar-refractivity contribution is 0.512. The number of nitrogens with zero attached hydrogens (tertiary/aromatic N) is 2. The Kier molecular flexibility index (Phi) is 7.24. The largest absolute Gasteiger partial charge is 0.457 e.